The number of anilines is 1. The third-order valence-corrected chi connectivity index (χ3v) is 4.68. The maximum atomic E-state index is 5.48. The molecule has 0 saturated heterocycles. The summed E-state index contributed by atoms with van der Waals surface area (Å²) >= 11 is 7.28. The highest BCUT2D eigenvalue weighted by Gasteiger charge is 2.16. The van der Waals surface area contributed by atoms with Gasteiger partial charge in [-0.05, 0) is 69.0 Å². The van der Waals surface area contributed by atoms with Gasteiger partial charge in [0.25, 0.3) is 0 Å². The van der Waals surface area contributed by atoms with Gasteiger partial charge in [0.05, 0.1) is 18.8 Å². The molecule has 0 heterocycles. The van der Waals surface area contributed by atoms with Crippen molar-refractivity contribution in [3.05, 3.63) is 56.5 Å². The van der Waals surface area contributed by atoms with Crippen LogP contribution in [0.4, 0.5) is 5.69 Å². The SMILES string of the molecule is CCC(Nc1c(Br)cc(C)cc1Br)c1ccccc1OC. The molecule has 0 radical (unpaired) electrons. The van der Waals surface area contributed by atoms with Crippen LogP contribution in [0.2, 0.25) is 0 Å². The lowest BCUT2D eigenvalue weighted by Gasteiger charge is -2.23. The first-order valence-corrected chi connectivity index (χ1v) is 8.50. The molecule has 0 fully saturated rings. The molecule has 0 aliphatic carbocycles. The number of halogens is 2. The van der Waals surface area contributed by atoms with Gasteiger partial charge in [-0.3, -0.25) is 0 Å². The summed E-state index contributed by atoms with van der Waals surface area (Å²) in [6, 6.07) is 12.6. The van der Waals surface area contributed by atoms with Crippen LogP contribution in [0.5, 0.6) is 5.75 Å². The van der Waals surface area contributed by atoms with Gasteiger partial charge < -0.3 is 10.1 Å². The van der Waals surface area contributed by atoms with Crippen molar-refractivity contribution in [1.29, 1.82) is 0 Å². The van der Waals surface area contributed by atoms with Crippen molar-refractivity contribution in [3.8, 4) is 5.75 Å². The van der Waals surface area contributed by atoms with E-state index in [4.69, 9.17) is 4.74 Å². The van der Waals surface area contributed by atoms with Gasteiger partial charge in [-0.1, -0.05) is 25.1 Å². The van der Waals surface area contributed by atoms with Crippen molar-refractivity contribution in [2.24, 2.45) is 0 Å². The Labute approximate surface area is 143 Å². The summed E-state index contributed by atoms with van der Waals surface area (Å²) in [5.74, 6) is 0.913. The Morgan fingerprint density at radius 1 is 1.14 bits per heavy atom. The molecule has 4 heteroatoms. The number of rotatable bonds is 5. The zero-order valence-electron chi connectivity index (χ0n) is 12.4. The Hall–Kier alpha value is -1.00. The molecule has 2 rings (SSSR count). The molecule has 1 N–H and O–H groups in total. The van der Waals surface area contributed by atoms with Crippen molar-refractivity contribution < 1.29 is 4.74 Å². The molecule has 0 aliphatic rings. The second kappa shape index (κ2) is 7.32. The lowest BCUT2D eigenvalue weighted by molar-refractivity contribution is 0.406. The fraction of sp³-hybridized carbons (Fsp3) is 0.294. The van der Waals surface area contributed by atoms with Crippen LogP contribution in [0.15, 0.2) is 45.3 Å². The molecule has 21 heavy (non-hydrogen) atoms. The summed E-state index contributed by atoms with van der Waals surface area (Å²) in [6.45, 7) is 4.25. The van der Waals surface area contributed by atoms with Crippen molar-refractivity contribution in [2.75, 3.05) is 12.4 Å². The van der Waals surface area contributed by atoms with Crippen LogP contribution in [0.25, 0.3) is 0 Å². The molecular weight excluding hydrogens is 394 g/mol. The van der Waals surface area contributed by atoms with E-state index in [-0.39, 0.29) is 6.04 Å². The van der Waals surface area contributed by atoms with Gasteiger partial charge in [-0.2, -0.15) is 0 Å². The summed E-state index contributed by atoms with van der Waals surface area (Å²) in [7, 11) is 1.71. The lowest BCUT2D eigenvalue weighted by Crippen LogP contribution is -2.12. The van der Waals surface area contributed by atoms with E-state index >= 15 is 0 Å². The Morgan fingerprint density at radius 3 is 2.33 bits per heavy atom. The van der Waals surface area contributed by atoms with Gasteiger partial charge in [0.15, 0.2) is 0 Å². The first-order chi connectivity index (χ1) is 10.1. The van der Waals surface area contributed by atoms with E-state index in [1.165, 1.54) is 11.1 Å². The summed E-state index contributed by atoms with van der Waals surface area (Å²) in [4.78, 5) is 0. The molecule has 0 aromatic heterocycles. The van der Waals surface area contributed by atoms with E-state index < -0.39 is 0 Å². The average Bonchev–Trinajstić information content (AvgIpc) is 2.46. The minimum atomic E-state index is 0.191. The third kappa shape index (κ3) is 3.80. The minimum absolute atomic E-state index is 0.191. The van der Waals surface area contributed by atoms with Crippen LogP contribution in [0, 0.1) is 6.92 Å². The second-order valence-corrected chi connectivity index (χ2v) is 6.66. The van der Waals surface area contributed by atoms with Crippen molar-refractivity contribution in [2.45, 2.75) is 26.3 Å². The van der Waals surface area contributed by atoms with Gasteiger partial charge in [0.1, 0.15) is 5.75 Å². The molecule has 1 unspecified atom stereocenters. The molecule has 2 aromatic carbocycles. The van der Waals surface area contributed by atoms with E-state index in [1.807, 2.05) is 18.2 Å². The normalized spacial score (nSPS) is 12.0. The smallest absolute Gasteiger partial charge is 0.124 e. The number of aryl methyl sites for hydroxylation is 1. The van der Waals surface area contributed by atoms with Crippen LogP contribution in [0.1, 0.15) is 30.5 Å². The van der Waals surface area contributed by atoms with E-state index in [0.717, 1.165) is 26.8 Å². The highest BCUT2D eigenvalue weighted by Crippen LogP contribution is 2.37. The number of ether oxygens (including phenoxy) is 1. The molecule has 0 bridgehead atoms. The maximum absolute atomic E-state index is 5.48. The van der Waals surface area contributed by atoms with E-state index in [9.17, 15) is 0 Å². The summed E-state index contributed by atoms with van der Waals surface area (Å²) < 4.78 is 7.60. The Balaban J connectivity index is 2.36. The molecule has 2 nitrogen and oxygen atoms in total. The van der Waals surface area contributed by atoms with Gasteiger partial charge in [-0.25, -0.2) is 0 Å². The predicted octanol–water partition coefficient (Wildman–Crippen LogP) is 6.09. The van der Waals surface area contributed by atoms with Crippen molar-refractivity contribution >= 4 is 37.5 Å². The number of methoxy groups -OCH3 is 1. The molecule has 0 saturated carbocycles. The number of hydrogen-bond donors (Lipinski definition) is 1. The predicted molar refractivity (Wildman–Crippen MR) is 96.2 cm³/mol. The zero-order valence-corrected chi connectivity index (χ0v) is 15.6. The Bertz CT molecular complexity index is 605. The van der Waals surface area contributed by atoms with Crippen LogP contribution < -0.4 is 10.1 Å². The van der Waals surface area contributed by atoms with Crippen LogP contribution in [0.3, 0.4) is 0 Å². The fourth-order valence-corrected chi connectivity index (χ4v) is 4.01. The van der Waals surface area contributed by atoms with Gasteiger partial charge in [0, 0.05) is 14.5 Å². The first kappa shape index (κ1) is 16.4. The number of nitrogens with one attached hydrogen (secondary N) is 1. The van der Waals surface area contributed by atoms with Crippen LogP contribution in [-0.4, -0.2) is 7.11 Å². The monoisotopic (exact) mass is 411 g/mol. The topological polar surface area (TPSA) is 21.3 Å². The van der Waals surface area contributed by atoms with Crippen molar-refractivity contribution in [3.63, 3.8) is 0 Å². The van der Waals surface area contributed by atoms with Crippen molar-refractivity contribution in [1.82, 2.24) is 0 Å². The van der Waals surface area contributed by atoms with Crippen LogP contribution in [-0.2, 0) is 0 Å². The van der Waals surface area contributed by atoms with E-state index in [0.29, 0.717) is 0 Å². The maximum Gasteiger partial charge on any atom is 0.124 e. The molecule has 112 valence electrons. The quantitative estimate of drug-likeness (QED) is 0.641. The average molecular weight is 413 g/mol. The highest BCUT2D eigenvalue weighted by molar-refractivity contribution is 9.11. The molecule has 0 amide bonds. The van der Waals surface area contributed by atoms with Gasteiger partial charge >= 0.3 is 0 Å². The summed E-state index contributed by atoms with van der Waals surface area (Å²) in [6.07, 6.45) is 0.965. The van der Waals surface area contributed by atoms with E-state index in [2.05, 4.69) is 69.2 Å². The first-order valence-electron chi connectivity index (χ1n) is 6.92. The zero-order chi connectivity index (χ0) is 15.4. The summed E-state index contributed by atoms with van der Waals surface area (Å²) in [5, 5.41) is 3.61. The third-order valence-electron chi connectivity index (χ3n) is 3.43. The molecule has 1 atom stereocenters. The Morgan fingerprint density at radius 2 is 1.76 bits per heavy atom. The molecule has 2 aromatic rings. The van der Waals surface area contributed by atoms with Gasteiger partial charge in [0.2, 0.25) is 0 Å². The summed E-state index contributed by atoms with van der Waals surface area (Å²) in [5.41, 5.74) is 3.45. The number of hydrogen-bond acceptors (Lipinski definition) is 2. The fourth-order valence-electron chi connectivity index (χ4n) is 2.37. The van der Waals surface area contributed by atoms with E-state index in [1.54, 1.807) is 7.11 Å². The standard InChI is InChI=1S/C17H19Br2NO/c1-4-15(12-7-5-6-8-16(12)21-3)20-17-13(18)9-11(2)10-14(17)19/h5-10,15,20H,4H2,1-3H3. The minimum Gasteiger partial charge on any atom is -0.496 e. The second-order valence-electron chi connectivity index (χ2n) is 4.95. The van der Waals surface area contributed by atoms with Gasteiger partial charge in [-0.15, -0.1) is 0 Å². The number of benzene rings is 2. The molecular formula is C17H19Br2NO. The molecule has 0 spiro atoms. The largest absolute Gasteiger partial charge is 0.496 e. The highest BCUT2D eigenvalue weighted by atomic mass is 79.9. The molecule has 0 aliphatic heterocycles. The van der Waals surface area contributed by atoms with Crippen LogP contribution >= 0.6 is 31.9 Å². The Kier molecular flexibility index (Phi) is 5.71. The number of para-hydroxylation sites is 1. The lowest BCUT2D eigenvalue weighted by atomic mass is 10.0.